The monoisotopic (exact) mass is 349 g/mol. The maximum absolute atomic E-state index is 12.2. The fraction of sp³-hybridized carbons (Fsp3) is 0.238. The molecule has 0 aliphatic carbocycles. The third-order valence-corrected chi connectivity index (χ3v) is 4.21. The maximum atomic E-state index is 12.2. The fourth-order valence-electron chi connectivity index (χ4n) is 2.89. The van der Waals surface area contributed by atoms with Crippen molar-refractivity contribution >= 4 is 5.91 Å². The van der Waals surface area contributed by atoms with E-state index in [2.05, 4.69) is 27.0 Å². The molecule has 1 aromatic heterocycles. The fourth-order valence-corrected chi connectivity index (χ4v) is 2.89. The zero-order chi connectivity index (χ0) is 18.2. The van der Waals surface area contributed by atoms with Crippen LogP contribution in [0.1, 0.15) is 17.0 Å². The van der Waals surface area contributed by atoms with Crippen molar-refractivity contribution in [2.24, 2.45) is 0 Å². The predicted octanol–water partition coefficient (Wildman–Crippen LogP) is 2.84. The molecule has 0 fully saturated rings. The van der Waals surface area contributed by atoms with Gasteiger partial charge in [-0.15, -0.1) is 0 Å². The number of nitrogens with zero attached hydrogens (tertiary/aromatic N) is 2. The van der Waals surface area contributed by atoms with Gasteiger partial charge in [-0.05, 0) is 11.6 Å². The summed E-state index contributed by atoms with van der Waals surface area (Å²) in [6.07, 6.45) is 4.77. The minimum Gasteiger partial charge on any atom is -0.496 e. The van der Waals surface area contributed by atoms with Gasteiger partial charge in [0, 0.05) is 37.5 Å². The van der Waals surface area contributed by atoms with Crippen molar-refractivity contribution < 1.29 is 9.53 Å². The molecule has 3 rings (SSSR count). The number of benzene rings is 2. The second-order valence-electron chi connectivity index (χ2n) is 6.05. The Hall–Kier alpha value is -3.08. The van der Waals surface area contributed by atoms with Gasteiger partial charge < -0.3 is 14.6 Å². The Labute approximate surface area is 153 Å². The van der Waals surface area contributed by atoms with E-state index in [9.17, 15) is 4.79 Å². The number of amides is 1. The molecule has 26 heavy (non-hydrogen) atoms. The van der Waals surface area contributed by atoms with Crippen molar-refractivity contribution in [3.05, 3.63) is 83.9 Å². The quantitative estimate of drug-likeness (QED) is 0.680. The normalized spacial score (nSPS) is 10.5. The summed E-state index contributed by atoms with van der Waals surface area (Å²) in [6, 6.07) is 17.8. The molecule has 0 unspecified atom stereocenters. The molecule has 0 saturated carbocycles. The highest BCUT2D eigenvalue weighted by Crippen LogP contribution is 2.17. The van der Waals surface area contributed by atoms with Crippen molar-refractivity contribution in [3.63, 3.8) is 0 Å². The van der Waals surface area contributed by atoms with E-state index < -0.39 is 0 Å². The predicted molar refractivity (Wildman–Crippen MR) is 101 cm³/mol. The van der Waals surface area contributed by atoms with E-state index in [0.717, 1.165) is 23.7 Å². The summed E-state index contributed by atoms with van der Waals surface area (Å²) in [5.74, 6) is 1.68. The molecule has 0 aliphatic rings. The number of nitrogens with one attached hydrogen (secondary N) is 1. The number of rotatable bonds is 8. The topological polar surface area (TPSA) is 56.1 Å². The molecule has 0 atom stereocenters. The molecule has 1 heterocycles. The number of para-hydroxylation sites is 1. The molecule has 134 valence electrons. The molecule has 2 aromatic carbocycles. The Kier molecular flexibility index (Phi) is 6.04. The van der Waals surface area contributed by atoms with E-state index in [-0.39, 0.29) is 5.91 Å². The third-order valence-electron chi connectivity index (χ3n) is 4.21. The summed E-state index contributed by atoms with van der Waals surface area (Å²) in [7, 11) is 1.61. The molecule has 0 saturated heterocycles. The first-order valence-electron chi connectivity index (χ1n) is 8.69. The summed E-state index contributed by atoms with van der Waals surface area (Å²) in [5, 5.41) is 2.96. The average Bonchev–Trinajstić information content (AvgIpc) is 3.10. The molecule has 5 heteroatoms. The number of hydrogen-bond acceptors (Lipinski definition) is 3. The zero-order valence-electron chi connectivity index (χ0n) is 14.9. The highest BCUT2D eigenvalue weighted by molar-refractivity contribution is 5.79. The second kappa shape index (κ2) is 8.85. The van der Waals surface area contributed by atoms with Gasteiger partial charge in [-0.3, -0.25) is 4.79 Å². The van der Waals surface area contributed by atoms with Gasteiger partial charge >= 0.3 is 0 Å². The van der Waals surface area contributed by atoms with E-state index >= 15 is 0 Å². The van der Waals surface area contributed by atoms with Gasteiger partial charge in [-0.25, -0.2) is 4.98 Å². The number of imidazole rings is 1. The molecule has 0 radical (unpaired) electrons. The van der Waals surface area contributed by atoms with E-state index in [0.29, 0.717) is 19.4 Å². The van der Waals surface area contributed by atoms with Gasteiger partial charge in [0.15, 0.2) is 0 Å². The molecular weight excluding hydrogens is 326 g/mol. The standard InChI is InChI=1S/C21H23N3O2/c1-26-19-10-6-5-9-18(19)15-21(25)23-12-11-20-22-13-14-24(20)16-17-7-3-2-4-8-17/h2-10,13-14H,11-12,15-16H2,1H3,(H,23,25). The smallest absolute Gasteiger partial charge is 0.224 e. The molecule has 0 bridgehead atoms. The zero-order valence-corrected chi connectivity index (χ0v) is 14.9. The summed E-state index contributed by atoms with van der Waals surface area (Å²) in [6.45, 7) is 1.34. The van der Waals surface area contributed by atoms with Gasteiger partial charge in [0.1, 0.15) is 11.6 Å². The highest BCUT2D eigenvalue weighted by atomic mass is 16.5. The molecule has 1 amide bonds. The van der Waals surface area contributed by atoms with Crippen LogP contribution in [0.2, 0.25) is 0 Å². The molecule has 0 spiro atoms. The van der Waals surface area contributed by atoms with Crippen LogP contribution in [-0.4, -0.2) is 29.1 Å². The average molecular weight is 349 g/mol. The first-order valence-corrected chi connectivity index (χ1v) is 8.69. The number of carbonyl (C=O) groups excluding carboxylic acids is 1. The number of methoxy groups -OCH3 is 1. The van der Waals surface area contributed by atoms with Crippen LogP contribution in [0.15, 0.2) is 67.0 Å². The van der Waals surface area contributed by atoms with Crippen LogP contribution >= 0.6 is 0 Å². The van der Waals surface area contributed by atoms with Crippen molar-refractivity contribution in [1.82, 2.24) is 14.9 Å². The van der Waals surface area contributed by atoms with Crippen molar-refractivity contribution in [2.45, 2.75) is 19.4 Å². The van der Waals surface area contributed by atoms with Crippen molar-refractivity contribution in [2.75, 3.05) is 13.7 Å². The Morgan fingerprint density at radius 3 is 2.69 bits per heavy atom. The Morgan fingerprint density at radius 1 is 1.12 bits per heavy atom. The summed E-state index contributed by atoms with van der Waals surface area (Å²) < 4.78 is 7.40. The number of hydrogen-bond donors (Lipinski definition) is 1. The molecular formula is C21H23N3O2. The minimum absolute atomic E-state index is 0.0179. The lowest BCUT2D eigenvalue weighted by Crippen LogP contribution is -2.28. The van der Waals surface area contributed by atoms with Crippen LogP contribution in [0, 0.1) is 0 Å². The first kappa shape index (κ1) is 17.7. The van der Waals surface area contributed by atoms with Crippen LogP contribution in [-0.2, 0) is 24.2 Å². The Morgan fingerprint density at radius 2 is 1.88 bits per heavy atom. The minimum atomic E-state index is -0.0179. The summed E-state index contributed by atoms with van der Waals surface area (Å²) >= 11 is 0. The van der Waals surface area contributed by atoms with Crippen molar-refractivity contribution in [3.8, 4) is 5.75 Å². The van der Waals surface area contributed by atoms with Crippen LogP contribution in [0.25, 0.3) is 0 Å². The van der Waals surface area contributed by atoms with E-state index in [4.69, 9.17) is 4.74 Å². The van der Waals surface area contributed by atoms with E-state index in [1.807, 2.05) is 48.7 Å². The number of aromatic nitrogens is 2. The summed E-state index contributed by atoms with van der Waals surface area (Å²) in [4.78, 5) is 16.6. The van der Waals surface area contributed by atoms with Crippen molar-refractivity contribution in [1.29, 1.82) is 0 Å². The Bertz CT molecular complexity index is 843. The largest absolute Gasteiger partial charge is 0.496 e. The van der Waals surface area contributed by atoms with Gasteiger partial charge in [0.2, 0.25) is 5.91 Å². The van der Waals surface area contributed by atoms with Crippen LogP contribution in [0.4, 0.5) is 0 Å². The molecule has 1 N–H and O–H groups in total. The molecule has 0 aliphatic heterocycles. The maximum Gasteiger partial charge on any atom is 0.224 e. The van der Waals surface area contributed by atoms with Gasteiger partial charge in [0.05, 0.1) is 13.5 Å². The SMILES string of the molecule is COc1ccccc1CC(=O)NCCc1nccn1Cc1ccccc1. The van der Waals surface area contributed by atoms with E-state index in [1.165, 1.54) is 5.56 Å². The summed E-state index contributed by atoms with van der Waals surface area (Å²) in [5.41, 5.74) is 2.12. The third kappa shape index (κ3) is 4.72. The number of carbonyl (C=O) groups is 1. The molecule has 3 aromatic rings. The van der Waals surface area contributed by atoms with Gasteiger partial charge in [-0.2, -0.15) is 0 Å². The van der Waals surface area contributed by atoms with Gasteiger partial charge in [0.25, 0.3) is 0 Å². The van der Waals surface area contributed by atoms with Crippen LogP contribution in [0.5, 0.6) is 5.75 Å². The lowest BCUT2D eigenvalue weighted by atomic mass is 10.1. The van der Waals surface area contributed by atoms with Gasteiger partial charge in [-0.1, -0.05) is 48.5 Å². The molecule has 5 nitrogen and oxygen atoms in total. The lowest BCUT2D eigenvalue weighted by Gasteiger charge is -2.10. The Balaban J connectivity index is 1.51. The number of ether oxygens (including phenoxy) is 1. The first-order chi connectivity index (χ1) is 12.8. The van der Waals surface area contributed by atoms with Crippen LogP contribution < -0.4 is 10.1 Å². The van der Waals surface area contributed by atoms with E-state index in [1.54, 1.807) is 13.3 Å². The highest BCUT2D eigenvalue weighted by Gasteiger charge is 2.09. The van der Waals surface area contributed by atoms with Crippen LogP contribution in [0.3, 0.4) is 0 Å². The lowest BCUT2D eigenvalue weighted by molar-refractivity contribution is -0.120. The second-order valence-corrected chi connectivity index (χ2v) is 6.05.